The van der Waals surface area contributed by atoms with Gasteiger partial charge in [0, 0.05) is 0 Å². The fourth-order valence-corrected chi connectivity index (χ4v) is 4.67. The topological polar surface area (TPSA) is 37.4 Å². The first-order valence-electron chi connectivity index (χ1n) is 7.68. The molecule has 0 radical (unpaired) electrons. The molecule has 1 aliphatic heterocycles. The second-order valence-corrected chi connectivity index (χ2v) is 6.38. The lowest BCUT2D eigenvalue weighted by Crippen LogP contribution is -2.33. The van der Waals surface area contributed by atoms with E-state index in [2.05, 4.69) is 6.92 Å². The number of amides is 2. The van der Waals surface area contributed by atoms with Crippen molar-refractivity contribution in [1.29, 1.82) is 0 Å². The van der Waals surface area contributed by atoms with E-state index >= 15 is 0 Å². The molecule has 2 saturated carbocycles. The second-order valence-electron chi connectivity index (χ2n) is 6.38. The van der Waals surface area contributed by atoms with Crippen molar-refractivity contribution >= 4 is 17.5 Å². The van der Waals surface area contributed by atoms with Crippen molar-refractivity contribution in [2.75, 3.05) is 4.90 Å². The van der Waals surface area contributed by atoms with Crippen molar-refractivity contribution < 1.29 is 9.59 Å². The molecular weight excluding hydrogens is 250 g/mol. The molecule has 1 saturated heterocycles. The zero-order valence-electron chi connectivity index (χ0n) is 11.7. The van der Waals surface area contributed by atoms with Crippen molar-refractivity contribution in [2.45, 2.75) is 32.6 Å². The molecule has 20 heavy (non-hydrogen) atoms. The smallest absolute Gasteiger partial charge is 0.237 e. The molecule has 1 aromatic rings. The van der Waals surface area contributed by atoms with Gasteiger partial charge in [0.05, 0.1) is 17.5 Å². The zero-order valence-corrected chi connectivity index (χ0v) is 11.7. The molecule has 4 atom stereocenters. The molecule has 104 valence electrons. The number of rotatable bonds is 2. The van der Waals surface area contributed by atoms with Gasteiger partial charge >= 0.3 is 0 Å². The first-order valence-corrected chi connectivity index (χ1v) is 7.68. The third-order valence-corrected chi connectivity index (χ3v) is 5.54. The van der Waals surface area contributed by atoms with Crippen molar-refractivity contribution in [3.05, 3.63) is 29.8 Å². The minimum absolute atomic E-state index is 0.0221. The molecule has 4 rings (SSSR count). The maximum Gasteiger partial charge on any atom is 0.237 e. The number of imide groups is 1. The number of nitrogens with zero attached hydrogens (tertiary/aromatic N) is 1. The number of carbonyl (C=O) groups excluding carboxylic acids is 2. The van der Waals surface area contributed by atoms with Crippen LogP contribution in [0, 0.1) is 23.7 Å². The highest BCUT2D eigenvalue weighted by molar-refractivity contribution is 6.22. The maximum atomic E-state index is 12.8. The number of benzene rings is 1. The first-order chi connectivity index (χ1) is 9.72. The lowest BCUT2D eigenvalue weighted by molar-refractivity contribution is -0.123. The Kier molecular flexibility index (Phi) is 2.53. The molecular formula is C17H19NO2. The van der Waals surface area contributed by atoms with E-state index in [4.69, 9.17) is 0 Å². The lowest BCUT2D eigenvalue weighted by atomic mass is 9.81. The monoisotopic (exact) mass is 269 g/mol. The predicted octanol–water partition coefficient (Wildman–Crippen LogP) is 2.78. The highest BCUT2D eigenvalue weighted by atomic mass is 16.2. The largest absolute Gasteiger partial charge is 0.274 e. The fraction of sp³-hybridized carbons (Fsp3) is 0.529. The summed E-state index contributed by atoms with van der Waals surface area (Å²) in [6.07, 6.45) is 4.20. The standard InChI is InChI=1S/C17H19NO2/c1-2-10-5-3-4-6-13(10)18-16(19)14-11-7-8-12(9-11)15(14)17(18)20/h3-6,11-12,14-15H,2,7-9H2,1H3/t11-,12+,14-,15-/m0/s1. The van der Waals surface area contributed by atoms with Crippen molar-refractivity contribution in [3.8, 4) is 0 Å². The Balaban J connectivity index is 1.77. The zero-order chi connectivity index (χ0) is 13.9. The van der Waals surface area contributed by atoms with Crippen LogP contribution in [-0.4, -0.2) is 11.8 Å². The number of hydrogen-bond acceptors (Lipinski definition) is 2. The third kappa shape index (κ3) is 1.41. The predicted molar refractivity (Wildman–Crippen MR) is 76.1 cm³/mol. The van der Waals surface area contributed by atoms with Crippen molar-refractivity contribution in [3.63, 3.8) is 0 Å². The minimum atomic E-state index is -0.0221. The van der Waals surface area contributed by atoms with Gasteiger partial charge in [0.2, 0.25) is 11.8 Å². The van der Waals surface area contributed by atoms with Gasteiger partial charge < -0.3 is 0 Å². The summed E-state index contributed by atoms with van der Waals surface area (Å²) in [4.78, 5) is 27.0. The van der Waals surface area contributed by atoms with E-state index < -0.39 is 0 Å². The van der Waals surface area contributed by atoms with Gasteiger partial charge in [-0.15, -0.1) is 0 Å². The summed E-state index contributed by atoms with van der Waals surface area (Å²) in [6, 6.07) is 7.81. The van der Waals surface area contributed by atoms with Crippen LogP contribution < -0.4 is 4.90 Å². The summed E-state index contributed by atoms with van der Waals surface area (Å²) >= 11 is 0. The van der Waals surface area contributed by atoms with Crippen molar-refractivity contribution in [1.82, 2.24) is 0 Å². The highest BCUT2D eigenvalue weighted by Crippen LogP contribution is 2.56. The fourth-order valence-electron chi connectivity index (χ4n) is 4.67. The average Bonchev–Trinajstić information content (AvgIpc) is 3.13. The van der Waals surface area contributed by atoms with Crippen LogP contribution in [-0.2, 0) is 16.0 Å². The molecule has 1 aromatic carbocycles. The summed E-state index contributed by atoms with van der Waals surface area (Å²) in [5.74, 6) is 0.999. The van der Waals surface area contributed by atoms with Crippen LogP contribution >= 0.6 is 0 Å². The Labute approximate surface area is 119 Å². The Morgan fingerprint density at radius 1 is 1.05 bits per heavy atom. The first kappa shape index (κ1) is 12.1. The average molecular weight is 269 g/mol. The highest BCUT2D eigenvalue weighted by Gasteiger charge is 2.61. The molecule has 0 N–H and O–H groups in total. The number of fused-ring (bicyclic) bond motifs is 5. The van der Waals surface area contributed by atoms with E-state index in [0.29, 0.717) is 11.8 Å². The van der Waals surface area contributed by atoms with Crippen molar-refractivity contribution in [2.24, 2.45) is 23.7 Å². The molecule has 1 heterocycles. The van der Waals surface area contributed by atoms with Gasteiger partial charge in [-0.1, -0.05) is 25.1 Å². The van der Waals surface area contributed by atoms with Gasteiger partial charge in [0.15, 0.2) is 0 Å². The SMILES string of the molecule is CCc1ccccc1N1C(=O)[C@H]2[C@@H]3CC[C@@H](C3)[C@@H]2C1=O. The number of aryl methyl sites for hydroxylation is 1. The van der Waals surface area contributed by atoms with Crippen LogP contribution in [0.15, 0.2) is 24.3 Å². The van der Waals surface area contributed by atoms with E-state index in [1.165, 1.54) is 4.90 Å². The number of carbonyl (C=O) groups is 2. The molecule has 0 unspecified atom stereocenters. The molecule has 2 aliphatic carbocycles. The van der Waals surface area contributed by atoms with E-state index in [1.807, 2.05) is 24.3 Å². The van der Waals surface area contributed by atoms with Gasteiger partial charge in [0.1, 0.15) is 0 Å². The van der Waals surface area contributed by atoms with Crippen LogP contribution in [0.25, 0.3) is 0 Å². The Morgan fingerprint density at radius 3 is 2.25 bits per heavy atom. The minimum Gasteiger partial charge on any atom is -0.274 e. The quantitative estimate of drug-likeness (QED) is 0.774. The summed E-state index contributed by atoms with van der Waals surface area (Å²) in [6.45, 7) is 2.06. The Hall–Kier alpha value is -1.64. The van der Waals surface area contributed by atoms with Crippen LogP contribution in [0.5, 0.6) is 0 Å². The summed E-state index contributed by atoms with van der Waals surface area (Å²) in [7, 11) is 0. The van der Waals surface area contributed by atoms with E-state index in [1.54, 1.807) is 0 Å². The van der Waals surface area contributed by atoms with E-state index in [9.17, 15) is 9.59 Å². The van der Waals surface area contributed by atoms with Gasteiger partial charge in [-0.3, -0.25) is 9.59 Å². The molecule has 0 spiro atoms. The Bertz CT molecular complexity index is 566. The maximum absolute atomic E-state index is 12.8. The van der Waals surface area contributed by atoms with Crippen LogP contribution in [0.4, 0.5) is 5.69 Å². The molecule has 3 fully saturated rings. The van der Waals surface area contributed by atoms with E-state index in [0.717, 1.165) is 36.9 Å². The normalized spacial score (nSPS) is 35.0. The summed E-state index contributed by atoms with van der Waals surface area (Å²) in [5, 5.41) is 0. The van der Waals surface area contributed by atoms with Gasteiger partial charge in [0.25, 0.3) is 0 Å². The summed E-state index contributed by atoms with van der Waals surface area (Å²) in [5.41, 5.74) is 1.90. The second kappa shape index (κ2) is 4.18. The molecule has 2 amide bonds. The van der Waals surface area contributed by atoms with Gasteiger partial charge in [-0.2, -0.15) is 0 Å². The number of para-hydroxylation sites is 1. The van der Waals surface area contributed by atoms with Crippen LogP contribution in [0.3, 0.4) is 0 Å². The van der Waals surface area contributed by atoms with Crippen LogP contribution in [0.2, 0.25) is 0 Å². The molecule has 2 bridgehead atoms. The Morgan fingerprint density at radius 2 is 1.65 bits per heavy atom. The third-order valence-electron chi connectivity index (χ3n) is 5.54. The number of hydrogen-bond donors (Lipinski definition) is 0. The number of anilines is 1. The van der Waals surface area contributed by atoms with E-state index in [-0.39, 0.29) is 23.7 Å². The molecule has 3 nitrogen and oxygen atoms in total. The molecule has 3 heteroatoms. The van der Waals surface area contributed by atoms with Gasteiger partial charge in [-0.05, 0) is 49.1 Å². The molecule has 3 aliphatic rings. The lowest BCUT2D eigenvalue weighted by Gasteiger charge is -2.20. The molecule has 0 aromatic heterocycles. The van der Waals surface area contributed by atoms with Crippen LogP contribution in [0.1, 0.15) is 31.7 Å². The summed E-state index contributed by atoms with van der Waals surface area (Å²) < 4.78 is 0. The van der Waals surface area contributed by atoms with Gasteiger partial charge in [-0.25, -0.2) is 4.90 Å².